The van der Waals surface area contributed by atoms with Gasteiger partial charge in [0.05, 0.1) is 6.10 Å². The summed E-state index contributed by atoms with van der Waals surface area (Å²) in [5, 5.41) is 6.97. The van der Waals surface area contributed by atoms with Crippen LogP contribution in [0.4, 0.5) is 0 Å². The van der Waals surface area contributed by atoms with Gasteiger partial charge < -0.3 is 20.1 Å². The SMILES string of the molecule is C=C(C)CN1CCC(NC(=NCCCOC2CCOCC2)NCC)CC1. The van der Waals surface area contributed by atoms with Crippen molar-refractivity contribution in [2.45, 2.75) is 58.1 Å². The van der Waals surface area contributed by atoms with Gasteiger partial charge >= 0.3 is 0 Å². The zero-order valence-electron chi connectivity index (χ0n) is 16.8. The van der Waals surface area contributed by atoms with E-state index in [2.05, 4.69) is 36.0 Å². The molecule has 0 aromatic heterocycles. The minimum Gasteiger partial charge on any atom is -0.381 e. The van der Waals surface area contributed by atoms with E-state index in [1.165, 1.54) is 5.57 Å². The first-order valence-corrected chi connectivity index (χ1v) is 10.3. The first-order chi connectivity index (χ1) is 12.7. The van der Waals surface area contributed by atoms with Crippen LogP contribution >= 0.6 is 0 Å². The highest BCUT2D eigenvalue weighted by Crippen LogP contribution is 2.12. The highest BCUT2D eigenvalue weighted by atomic mass is 16.5. The quantitative estimate of drug-likeness (QED) is 0.283. The van der Waals surface area contributed by atoms with Crippen molar-refractivity contribution >= 4 is 5.96 Å². The molecule has 0 aliphatic carbocycles. The van der Waals surface area contributed by atoms with Gasteiger partial charge in [0.15, 0.2) is 5.96 Å². The minimum atomic E-state index is 0.378. The van der Waals surface area contributed by atoms with Crippen LogP contribution in [0.15, 0.2) is 17.1 Å². The molecule has 0 amide bonds. The average molecular weight is 367 g/mol. The van der Waals surface area contributed by atoms with Gasteiger partial charge in [0, 0.05) is 58.6 Å². The second kappa shape index (κ2) is 12.3. The van der Waals surface area contributed by atoms with Crippen molar-refractivity contribution < 1.29 is 9.47 Å². The zero-order valence-corrected chi connectivity index (χ0v) is 16.8. The van der Waals surface area contributed by atoms with Crippen molar-refractivity contribution in [3.63, 3.8) is 0 Å². The van der Waals surface area contributed by atoms with E-state index < -0.39 is 0 Å². The third-order valence-corrected chi connectivity index (χ3v) is 4.86. The van der Waals surface area contributed by atoms with Gasteiger partial charge in [-0.2, -0.15) is 0 Å². The van der Waals surface area contributed by atoms with Gasteiger partial charge in [-0.3, -0.25) is 9.89 Å². The van der Waals surface area contributed by atoms with Crippen LogP contribution in [-0.2, 0) is 9.47 Å². The topological polar surface area (TPSA) is 58.1 Å². The van der Waals surface area contributed by atoms with Gasteiger partial charge in [-0.25, -0.2) is 0 Å². The Kier molecular flexibility index (Phi) is 10.0. The Balaban J connectivity index is 1.63. The van der Waals surface area contributed by atoms with Crippen molar-refractivity contribution in [3.8, 4) is 0 Å². The largest absolute Gasteiger partial charge is 0.381 e. The van der Waals surface area contributed by atoms with Gasteiger partial charge in [-0.15, -0.1) is 0 Å². The van der Waals surface area contributed by atoms with E-state index in [9.17, 15) is 0 Å². The van der Waals surface area contributed by atoms with E-state index in [-0.39, 0.29) is 0 Å². The average Bonchev–Trinajstić information content (AvgIpc) is 2.63. The molecule has 2 heterocycles. The standard InChI is InChI=1S/C20H38N4O2/c1-4-21-20(22-10-5-13-26-19-8-14-25-15-9-19)23-18-6-11-24(12-7-18)16-17(2)3/h18-19H,2,4-16H2,1,3H3,(H2,21,22,23). The molecule has 0 radical (unpaired) electrons. The maximum Gasteiger partial charge on any atom is 0.191 e. The molecule has 6 nitrogen and oxygen atoms in total. The van der Waals surface area contributed by atoms with Crippen LogP contribution in [0.1, 0.15) is 46.0 Å². The number of likely N-dealkylation sites (tertiary alicyclic amines) is 1. The normalized spacial score (nSPS) is 20.9. The lowest BCUT2D eigenvalue weighted by Gasteiger charge is -2.33. The first kappa shape index (κ1) is 21.2. The molecule has 2 aliphatic rings. The fourth-order valence-corrected chi connectivity index (χ4v) is 3.48. The summed E-state index contributed by atoms with van der Waals surface area (Å²) < 4.78 is 11.3. The fourth-order valence-electron chi connectivity index (χ4n) is 3.48. The Labute approximate surface area is 159 Å². The third-order valence-electron chi connectivity index (χ3n) is 4.86. The third kappa shape index (κ3) is 8.52. The van der Waals surface area contributed by atoms with Crippen LogP contribution in [0, 0.1) is 0 Å². The number of nitrogens with one attached hydrogen (secondary N) is 2. The predicted molar refractivity (Wildman–Crippen MR) is 108 cm³/mol. The second-order valence-electron chi connectivity index (χ2n) is 7.45. The summed E-state index contributed by atoms with van der Waals surface area (Å²) in [6, 6.07) is 0.507. The van der Waals surface area contributed by atoms with Crippen LogP contribution in [-0.4, -0.2) is 75.5 Å². The fraction of sp³-hybridized carbons (Fsp3) is 0.850. The monoisotopic (exact) mass is 366 g/mol. The molecule has 2 N–H and O–H groups in total. The van der Waals surface area contributed by atoms with Crippen LogP contribution < -0.4 is 10.6 Å². The van der Waals surface area contributed by atoms with E-state index in [0.29, 0.717) is 12.1 Å². The molecule has 0 aromatic rings. The van der Waals surface area contributed by atoms with Crippen LogP contribution in [0.3, 0.4) is 0 Å². The molecule has 26 heavy (non-hydrogen) atoms. The van der Waals surface area contributed by atoms with Crippen molar-refractivity contribution in [1.29, 1.82) is 0 Å². The summed E-state index contributed by atoms with van der Waals surface area (Å²) in [5.41, 5.74) is 1.24. The van der Waals surface area contributed by atoms with Gasteiger partial charge in [0.1, 0.15) is 0 Å². The molecular weight excluding hydrogens is 328 g/mol. The molecule has 150 valence electrons. The lowest BCUT2D eigenvalue weighted by molar-refractivity contribution is -0.0318. The summed E-state index contributed by atoms with van der Waals surface area (Å²) in [5.74, 6) is 0.942. The van der Waals surface area contributed by atoms with Crippen LogP contribution in [0.25, 0.3) is 0 Å². The molecule has 0 aromatic carbocycles. The van der Waals surface area contributed by atoms with Gasteiger partial charge in [0.25, 0.3) is 0 Å². The molecule has 0 spiro atoms. The summed E-state index contributed by atoms with van der Waals surface area (Å²) >= 11 is 0. The molecule has 2 saturated heterocycles. The molecule has 0 saturated carbocycles. The van der Waals surface area contributed by atoms with E-state index in [1.807, 2.05) is 0 Å². The number of hydrogen-bond acceptors (Lipinski definition) is 4. The maximum absolute atomic E-state index is 5.92. The molecule has 2 aliphatic heterocycles. The highest BCUT2D eigenvalue weighted by Gasteiger charge is 2.19. The number of piperidine rings is 1. The van der Waals surface area contributed by atoms with Crippen molar-refractivity contribution in [2.75, 3.05) is 52.5 Å². The Hall–Kier alpha value is -1.11. The summed E-state index contributed by atoms with van der Waals surface area (Å²) in [4.78, 5) is 7.20. The molecule has 2 rings (SSSR count). The molecular formula is C20H38N4O2. The van der Waals surface area contributed by atoms with Crippen LogP contribution in [0.5, 0.6) is 0 Å². The number of aliphatic imine (C=N–C) groups is 1. The Morgan fingerprint density at radius 2 is 1.96 bits per heavy atom. The minimum absolute atomic E-state index is 0.378. The van der Waals surface area contributed by atoms with Gasteiger partial charge in [0.2, 0.25) is 0 Å². The first-order valence-electron chi connectivity index (χ1n) is 10.3. The molecule has 2 fully saturated rings. The molecule has 0 unspecified atom stereocenters. The maximum atomic E-state index is 5.92. The number of guanidine groups is 1. The summed E-state index contributed by atoms with van der Waals surface area (Å²) in [7, 11) is 0. The van der Waals surface area contributed by atoms with E-state index in [1.54, 1.807) is 0 Å². The zero-order chi connectivity index (χ0) is 18.6. The van der Waals surface area contributed by atoms with Gasteiger partial charge in [-0.05, 0) is 46.0 Å². The number of ether oxygens (including phenoxy) is 2. The van der Waals surface area contributed by atoms with Crippen molar-refractivity contribution in [1.82, 2.24) is 15.5 Å². The Bertz CT molecular complexity index is 428. The lowest BCUT2D eigenvalue weighted by atomic mass is 10.0. The highest BCUT2D eigenvalue weighted by molar-refractivity contribution is 5.80. The Morgan fingerprint density at radius 1 is 1.23 bits per heavy atom. The molecule has 0 atom stereocenters. The molecule has 0 bridgehead atoms. The van der Waals surface area contributed by atoms with E-state index in [0.717, 1.165) is 90.6 Å². The van der Waals surface area contributed by atoms with Crippen molar-refractivity contribution in [2.24, 2.45) is 4.99 Å². The number of hydrogen-bond donors (Lipinski definition) is 2. The molecule has 6 heteroatoms. The van der Waals surface area contributed by atoms with Crippen LogP contribution in [0.2, 0.25) is 0 Å². The van der Waals surface area contributed by atoms with Gasteiger partial charge in [-0.1, -0.05) is 12.2 Å². The van der Waals surface area contributed by atoms with E-state index in [4.69, 9.17) is 14.5 Å². The summed E-state index contributed by atoms with van der Waals surface area (Å²) in [6.07, 6.45) is 5.71. The smallest absolute Gasteiger partial charge is 0.191 e. The van der Waals surface area contributed by atoms with E-state index >= 15 is 0 Å². The number of rotatable bonds is 9. The predicted octanol–water partition coefficient (Wildman–Crippen LogP) is 2.17. The Morgan fingerprint density at radius 3 is 2.62 bits per heavy atom. The summed E-state index contributed by atoms with van der Waals surface area (Å²) in [6.45, 7) is 15.7. The second-order valence-corrected chi connectivity index (χ2v) is 7.45. The van der Waals surface area contributed by atoms with Crippen molar-refractivity contribution in [3.05, 3.63) is 12.2 Å². The lowest BCUT2D eigenvalue weighted by Crippen LogP contribution is -2.48. The number of nitrogens with zero attached hydrogens (tertiary/aromatic N) is 2.